The number of amides is 1. The van der Waals surface area contributed by atoms with E-state index in [2.05, 4.69) is 30.1 Å². The Morgan fingerprint density at radius 1 is 1.13 bits per heavy atom. The zero-order valence-corrected chi connectivity index (χ0v) is 18.0. The second-order valence-electron chi connectivity index (χ2n) is 7.86. The lowest BCUT2D eigenvalue weighted by molar-refractivity contribution is 0.0953. The van der Waals surface area contributed by atoms with E-state index in [1.54, 1.807) is 12.1 Å². The SMILES string of the molecule is CC(C)CN1Cc2ccc(NCOS(=O)(=O)Cc3ccc(C(=O)NN)cc3)cc2C1. The number of nitrogens with two attached hydrogens (primary N) is 1. The molecule has 0 spiro atoms. The van der Waals surface area contributed by atoms with Crippen LogP contribution in [0, 0.1) is 5.92 Å². The summed E-state index contributed by atoms with van der Waals surface area (Å²) >= 11 is 0. The Balaban J connectivity index is 1.51. The lowest BCUT2D eigenvalue weighted by Gasteiger charge is -2.16. The van der Waals surface area contributed by atoms with Gasteiger partial charge in [0, 0.05) is 30.9 Å². The number of nitrogen functional groups attached to an aromatic ring is 1. The van der Waals surface area contributed by atoms with Gasteiger partial charge in [0.15, 0.2) is 0 Å². The van der Waals surface area contributed by atoms with Gasteiger partial charge >= 0.3 is 0 Å². The van der Waals surface area contributed by atoms with E-state index in [-0.39, 0.29) is 12.5 Å². The standard InChI is InChI=1S/C21H28N4O4S/c1-15(2)10-25-11-18-7-8-20(9-19(18)12-25)23-14-29-30(27,28)13-16-3-5-17(6-4-16)21(26)24-22/h3-9,15,23H,10-14,22H2,1-2H3,(H,24,26). The summed E-state index contributed by atoms with van der Waals surface area (Å²) in [6, 6.07) is 12.2. The molecule has 0 saturated heterocycles. The van der Waals surface area contributed by atoms with E-state index < -0.39 is 16.0 Å². The van der Waals surface area contributed by atoms with E-state index in [0.717, 1.165) is 25.3 Å². The fourth-order valence-corrected chi connectivity index (χ4v) is 4.43. The maximum Gasteiger partial charge on any atom is 0.273 e. The summed E-state index contributed by atoms with van der Waals surface area (Å²) in [5, 5.41) is 3.02. The molecule has 0 radical (unpaired) electrons. The van der Waals surface area contributed by atoms with Crippen LogP contribution < -0.4 is 16.6 Å². The van der Waals surface area contributed by atoms with Crippen molar-refractivity contribution in [1.82, 2.24) is 10.3 Å². The van der Waals surface area contributed by atoms with Crippen LogP contribution in [0.15, 0.2) is 42.5 Å². The predicted octanol–water partition coefficient (Wildman–Crippen LogP) is 2.18. The van der Waals surface area contributed by atoms with Gasteiger partial charge in [0.1, 0.15) is 12.5 Å². The van der Waals surface area contributed by atoms with Crippen molar-refractivity contribution >= 4 is 21.7 Å². The largest absolute Gasteiger partial charge is 0.362 e. The highest BCUT2D eigenvalue weighted by molar-refractivity contribution is 7.85. The Bertz CT molecular complexity index is 991. The van der Waals surface area contributed by atoms with Crippen LogP contribution in [0.4, 0.5) is 5.69 Å². The van der Waals surface area contributed by atoms with Gasteiger partial charge in [-0.25, -0.2) is 10.0 Å². The highest BCUT2D eigenvalue weighted by atomic mass is 32.2. The molecule has 0 aromatic heterocycles. The monoisotopic (exact) mass is 432 g/mol. The summed E-state index contributed by atoms with van der Waals surface area (Å²) in [6.45, 7) is 7.17. The van der Waals surface area contributed by atoms with E-state index in [4.69, 9.17) is 10.0 Å². The zero-order valence-electron chi connectivity index (χ0n) is 17.2. The second-order valence-corrected chi connectivity index (χ2v) is 9.50. The molecule has 0 unspecified atom stereocenters. The molecular weight excluding hydrogens is 404 g/mol. The molecule has 4 N–H and O–H groups in total. The van der Waals surface area contributed by atoms with E-state index in [1.807, 2.05) is 17.6 Å². The first kappa shape index (κ1) is 22.2. The van der Waals surface area contributed by atoms with E-state index in [9.17, 15) is 13.2 Å². The van der Waals surface area contributed by atoms with Crippen LogP contribution in [0.5, 0.6) is 0 Å². The van der Waals surface area contributed by atoms with Gasteiger partial charge in [-0.15, -0.1) is 0 Å². The molecule has 0 fully saturated rings. The van der Waals surface area contributed by atoms with Gasteiger partial charge in [-0.2, -0.15) is 8.42 Å². The molecule has 2 aromatic carbocycles. The number of hydrogen-bond donors (Lipinski definition) is 3. The number of anilines is 1. The van der Waals surface area contributed by atoms with Crippen molar-refractivity contribution in [2.24, 2.45) is 11.8 Å². The molecule has 1 heterocycles. The van der Waals surface area contributed by atoms with Gasteiger partial charge in [-0.05, 0) is 46.9 Å². The first-order chi connectivity index (χ1) is 14.3. The molecule has 0 saturated carbocycles. The molecule has 0 aliphatic carbocycles. The molecule has 1 aliphatic heterocycles. The van der Waals surface area contributed by atoms with Crippen molar-refractivity contribution in [3.05, 3.63) is 64.7 Å². The lowest BCUT2D eigenvalue weighted by atomic mass is 10.1. The van der Waals surface area contributed by atoms with Crippen molar-refractivity contribution < 1.29 is 17.4 Å². The summed E-state index contributed by atoms with van der Waals surface area (Å²) in [4.78, 5) is 13.8. The van der Waals surface area contributed by atoms with E-state index >= 15 is 0 Å². The van der Waals surface area contributed by atoms with Gasteiger partial charge < -0.3 is 5.32 Å². The van der Waals surface area contributed by atoms with Crippen LogP contribution in [0.1, 0.15) is 40.9 Å². The third-order valence-electron chi connectivity index (χ3n) is 4.82. The highest BCUT2D eigenvalue weighted by Crippen LogP contribution is 2.26. The third kappa shape index (κ3) is 6.02. The van der Waals surface area contributed by atoms with Crippen LogP contribution in [-0.2, 0) is 33.1 Å². The average molecular weight is 433 g/mol. The number of carbonyl (C=O) groups excluding carboxylic acids is 1. The minimum atomic E-state index is -3.77. The molecule has 30 heavy (non-hydrogen) atoms. The van der Waals surface area contributed by atoms with Gasteiger partial charge in [0.05, 0.1) is 0 Å². The molecule has 3 rings (SSSR count). The second kappa shape index (κ2) is 9.57. The number of carbonyl (C=O) groups is 1. The van der Waals surface area contributed by atoms with Crippen LogP contribution in [0.2, 0.25) is 0 Å². The first-order valence-corrected chi connectivity index (χ1v) is 11.4. The van der Waals surface area contributed by atoms with E-state index in [0.29, 0.717) is 17.0 Å². The van der Waals surface area contributed by atoms with Gasteiger partial charge in [-0.1, -0.05) is 32.0 Å². The molecule has 1 amide bonds. The number of fused-ring (bicyclic) bond motifs is 1. The zero-order chi connectivity index (χ0) is 21.7. The fourth-order valence-electron chi connectivity index (χ4n) is 3.50. The summed E-state index contributed by atoms with van der Waals surface area (Å²) in [5.41, 5.74) is 6.29. The van der Waals surface area contributed by atoms with E-state index in [1.165, 1.54) is 23.3 Å². The molecule has 0 atom stereocenters. The molecule has 162 valence electrons. The number of hydrazine groups is 1. The summed E-state index contributed by atoms with van der Waals surface area (Å²) in [7, 11) is -3.77. The molecule has 8 nitrogen and oxygen atoms in total. The Hall–Kier alpha value is -2.46. The Kier molecular flexibility index (Phi) is 7.09. The smallest absolute Gasteiger partial charge is 0.273 e. The number of hydrogen-bond acceptors (Lipinski definition) is 7. The van der Waals surface area contributed by atoms with Crippen molar-refractivity contribution in [3.8, 4) is 0 Å². The molecule has 0 bridgehead atoms. The van der Waals surface area contributed by atoms with Crippen LogP contribution >= 0.6 is 0 Å². The molecule has 1 aliphatic rings. The van der Waals surface area contributed by atoms with Crippen LogP contribution in [0.3, 0.4) is 0 Å². The number of rotatable bonds is 9. The molecule has 9 heteroatoms. The maximum atomic E-state index is 12.2. The van der Waals surface area contributed by atoms with Crippen molar-refractivity contribution in [2.75, 3.05) is 18.6 Å². The van der Waals surface area contributed by atoms with Crippen molar-refractivity contribution in [1.29, 1.82) is 0 Å². The van der Waals surface area contributed by atoms with Gasteiger partial charge in [-0.3, -0.25) is 15.1 Å². The Morgan fingerprint density at radius 3 is 2.50 bits per heavy atom. The summed E-state index contributed by atoms with van der Waals surface area (Å²) < 4.78 is 29.5. The Labute approximate surface area is 177 Å². The average Bonchev–Trinajstić information content (AvgIpc) is 3.08. The Morgan fingerprint density at radius 2 is 1.83 bits per heavy atom. The number of nitrogens with zero attached hydrogens (tertiary/aromatic N) is 1. The summed E-state index contributed by atoms with van der Waals surface area (Å²) in [6.07, 6.45) is 0. The first-order valence-electron chi connectivity index (χ1n) is 9.81. The highest BCUT2D eigenvalue weighted by Gasteiger charge is 2.20. The van der Waals surface area contributed by atoms with Crippen LogP contribution in [0.25, 0.3) is 0 Å². The minimum absolute atomic E-state index is 0.148. The fraction of sp³-hybridized carbons (Fsp3) is 0.381. The van der Waals surface area contributed by atoms with Crippen LogP contribution in [-0.4, -0.2) is 32.5 Å². The number of nitrogens with one attached hydrogen (secondary N) is 2. The summed E-state index contributed by atoms with van der Waals surface area (Å²) in [5.74, 6) is 4.97. The molecule has 2 aromatic rings. The molecular formula is C21H28N4O4S. The van der Waals surface area contributed by atoms with Gasteiger partial charge in [0.25, 0.3) is 16.0 Å². The normalized spacial score (nSPS) is 14.0. The quantitative estimate of drug-likeness (QED) is 0.183. The van der Waals surface area contributed by atoms with Crippen molar-refractivity contribution in [3.63, 3.8) is 0 Å². The number of benzene rings is 2. The maximum absolute atomic E-state index is 12.2. The van der Waals surface area contributed by atoms with Crippen molar-refractivity contribution in [2.45, 2.75) is 32.7 Å². The topological polar surface area (TPSA) is 114 Å². The van der Waals surface area contributed by atoms with Gasteiger partial charge in [0.2, 0.25) is 0 Å². The third-order valence-corrected chi connectivity index (χ3v) is 5.99. The minimum Gasteiger partial charge on any atom is -0.362 e. The predicted molar refractivity (Wildman–Crippen MR) is 116 cm³/mol. The lowest BCUT2D eigenvalue weighted by Crippen LogP contribution is -2.29.